The summed E-state index contributed by atoms with van der Waals surface area (Å²) in [4.78, 5) is 0. The number of nitrogens with zero attached hydrogens (tertiary/aromatic N) is 2. The van der Waals surface area contributed by atoms with E-state index in [1.165, 1.54) is 37.1 Å². The third-order valence-electron chi connectivity index (χ3n) is 4.68. The molecule has 4 heteroatoms. The zero-order valence-corrected chi connectivity index (χ0v) is 12.2. The van der Waals surface area contributed by atoms with Gasteiger partial charge in [0.1, 0.15) is 10.0 Å². The van der Waals surface area contributed by atoms with E-state index in [2.05, 4.69) is 29.4 Å². The molecule has 3 nitrogen and oxygen atoms in total. The van der Waals surface area contributed by atoms with Gasteiger partial charge in [0.05, 0.1) is 6.04 Å². The Bertz CT molecular complexity index is 403. The summed E-state index contributed by atoms with van der Waals surface area (Å²) in [5.74, 6) is 2.93. The summed E-state index contributed by atoms with van der Waals surface area (Å²) in [6.45, 7) is 5.29. The van der Waals surface area contributed by atoms with Gasteiger partial charge in [-0.15, -0.1) is 10.2 Å². The number of aromatic nitrogens is 2. The molecule has 0 spiro atoms. The van der Waals surface area contributed by atoms with Gasteiger partial charge in [-0.3, -0.25) is 0 Å². The minimum Gasteiger partial charge on any atom is -0.308 e. The molecule has 1 aromatic heterocycles. The van der Waals surface area contributed by atoms with E-state index in [0.29, 0.717) is 6.04 Å². The van der Waals surface area contributed by atoms with E-state index in [-0.39, 0.29) is 0 Å². The molecule has 0 saturated heterocycles. The lowest BCUT2D eigenvalue weighted by molar-refractivity contribution is 0.330. The van der Waals surface area contributed by atoms with Crippen LogP contribution in [0.5, 0.6) is 0 Å². The van der Waals surface area contributed by atoms with Gasteiger partial charge in [-0.1, -0.05) is 24.7 Å². The maximum atomic E-state index is 4.40. The van der Waals surface area contributed by atoms with Crippen molar-refractivity contribution in [1.82, 2.24) is 15.5 Å². The van der Waals surface area contributed by atoms with Crippen LogP contribution >= 0.6 is 11.3 Å². The molecule has 2 aliphatic rings. The van der Waals surface area contributed by atoms with Gasteiger partial charge in [0, 0.05) is 6.42 Å². The van der Waals surface area contributed by atoms with Crippen LogP contribution in [0, 0.1) is 17.8 Å². The molecule has 2 fully saturated rings. The molecule has 0 aliphatic heterocycles. The van der Waals surface area contributed by atoms with Crippen LogP contribution in [0.3, 0.4) is 0 Å². The van der Waals surface area contributed by atoms with E-state index in [4.69, 9.17) is 0 Å². The minimum absolute atomic E-state index is 0.348. The Labute approximate surface area is 113 Å². The summed E-state index contributed by atoms with van der Waals surface area (Å²) in [5, 5.41) is 14.5. The van der Waals surface area contributed by atoms with Gasteiger partial charge in [-0.05, 0) is 50.5 Å². The lowest BCUT2D eigenvalue weighted by Crippen LogP contribution is -2.17. The van der Waals surface area contributed by atoms with E-state index in [1.54, 1.807) is 0 Å². The van der Waals surface area contributed by atoms with E-state index in [0.717, 1.165) is 29.3 Å². The van der Waals surface area contributed by atoms with Crippen molar-refractivity contribution in [2.45, 2.75) is 52.0 Å². The molecular weight excluding hydrogens is 242 g/mol. The van der Waals surface area contributed by atoms with Crippen LogP contribution in [0.2, 0.25) is 0 Å². The summed E-state index contributed by atoms with van der Waals surface area (Å²) >= 11 is 1.81. The number of hydrogen-bond donors (Lipinski definition) is 1. The molecule has 18 heavy (non-hydrogen) atoms. The fourth-order valence-corrected chi connectivity index (χ4v) is 4.73. The Kier molecular flexibility index (Phi) is 3.66. The average molecular weight is 265 g/mol. The predicted octanol–water partition coefficient (Wildman–Crippen LogP) is 3.19. The molecule has 100 valence electrons. The second-order valence-corrected chi connectivity index (χ2v) is 7.05. The van der Waals surface area contributed by atoms with Gasteiger partial charge in [0.2, 0.25) is 0 Å². The van der Waals surface area contributed by atoms with E-state index in [9.17, 15) is 0 Å². The smallest absolute Gasteiger partial charge is 0.134 e. The van der Waals surface area contributed by atoms with Gasteiger partial charge in [-0.25, -0.2) is 0 Å². The van der Waals surface area contributed by atoms with E-state index >= 15 is 0 Å². The Morgan fingerprint density at radius 3 is 2.89 bits per heavy atom. The zero-order chi connectivity index (χ0) is 12.5. The fourth-order valence-electron chi connectivity index (χ4n) is 3.77. The SMILES string of the molecule is CCNC(C)c1nnc(CC2CC3CCC2C3)s1. The van der Waals surface area contributed by atoms with Crippen LogP contribution in [0.1, 0.15) is 55.6 Å². The van der Waals surface area contributed by atoms with Crippen LogP contribution in [0.25, 0.3) is 0 Å². The highest BCUT2D eigenvalue weighted by molar-refractivity contribution is 7.11. The van der Waals surface area contributed by atoms with Crippen LogP contribution in [0.4, 0.5) is 0 Å². The van der Waals surface area contributed by atoms with Crippen LogP contribution < -0.4 is 5.32 Å². The van der Waals surface area contributed by atoms with E-state index in [1.807, 2.05) is 11.3 Å². The van der Waals surface area contributed by atoms with Crippen molar-refractivity contribution in [3.05, 3.63) is 10.0 Å². The molecular formula is C14H23N3S. The molecule has 1 heterocycles. The second kappa shape index (κ2) is 5.25. The number of hydrogen-bond acceptors (Lipinski definition) is 4. The van der Waals surface area contributed by atoms with Gasteiger partial charge < -0.3 is 5.32 Å². The van der Waals surface area contributed by atoms with Crippen LogP contribution in [-0.2, 0) is 6.42 Å². The Balaban J connectivity index is 1.60. The normalized spacial score (nSPS) is 32.0. The van der Waals surface area contributed by atoms with Crippen LogP contribution in [-0.4, -0.2) is 16.7 Å². The van der Waals surface area contributed by atoms with Crippen LogP contribution in [0.15, 0.2) is 0 Å². The average Bonchev–Trinajstić information content (AvgIpc) is 3.04. The quantitative estimate of drug-likeness (QED) is 0.888. The zero-order valence-electron chi connectivity index (χ0n) is 11.4. The van der Waals surface area contributed by atoms with Crippen molar-refractivity contribution in [3.8, 4) is 0 Å². The minimum atomic E-state index is 0.348. The van der Waals surface area contributed by atoms with Gasteiger partial charge in [-0.2, -0.15) is 0 Å². The summed E-state index contributed by atoms with van der Waals surface area (Å²) in [6, 6.07) is 0.348. The molecule has 2 bridgehead atoms. The topological polar surface area (TPSA) is 37.8 Å². The first kappa shape index (κ1) is 12.5. The number of fused-ring (bicyclic) bond motifs is 2. The summed E-state index contributed by atoms with van der Waals surface area (Å²) < 4.78 is 0. The van der Waals surface area contributed by atoms with Crippen molar-refractivity contribution in [2.24, 2.45) is 17.8 Å². The molecule has 4 unspecified atom stereocenters. The summed E-state index contributed by atoms with van der Waals surface area (Å²) in [6.07, 6.45) is 7.07. The Morgan fingerprint density at radius 2 is 2.22 bits per heavy atom. The van der Waals surface area contributed by atoms with Crippen molar-refractivity contribution in [1.29, 1.82) is 0 Å². The third kappa shape index (κ3) is 2.45. The second-order valence-electron chi connectivity index (χ2n) is 5.95. The molecule has 4 atom stereocenters. The first-order valence-electron chi connectivity index (χ1n) is 7.32. The molecule has 3 rings (SSSR count). The van der Waals surface area contributed by atoms with Crippen molar-refractivity contribution in [3.63, 3.8) is 0 Å². The summed E-state index contributed by atoms with van der Waals surface area (Å²) in [5.41, 5.74) is 0. The molecule has 1 N–H and O–H groups in total. The van der Waals surface area contributed by atoms with Gasteiger partial charge >= 0.3 is 0 Å². The predicted molar refractivity (Wildman–Crippen MR) is 74.6 cm³/mol. The Morgan fingerprint density at radius 1 is 1.33 bits per heavy atom. The lowest BCUT2D eigenvalue weighted by Gasteiger charge is -2.19. The molecule has 1 aromatic rings. The number of rotatable bonds is 5. The highest BCUT2D eigenvalue weighted by Crippen LogP contribution is 2.49. The van der Waals surface area contributed by atoms with Crippen molar-refractivity contribution < 1.29 is 0 Å². The van der Waals surface area contributed by atoms with Crippen molar-refractivity contribution in [2.75, 3.05) is 6.54 Å². The fraction of sp³-hybridized carbons (Fsp3) is 0.857. The summed E-state index contributed by atoms with van der Waals surface area (Å²) in [7, 11) is 0. The maximum Gasteiger partial charge on any atom is 0.134 e. The van der Waals surface area contributed by atoms with Gasteiger partial charge in [0.25, 0.3) is 0 Å². The Hall–Kier alpha value is -0.480. The third-order valence-corrected chi connectivity index (χ3v) is 5.81. The molecule has 2 aliphatic carbocycles. The monoisotopic (exact) mass is 265 g/mol. The highest BCUT2D eigenvalue weighted by Gasteiger charge is 2.39. The standard InChI is InChI=1S/C14H23N3S/c1-3-15-9(2)14-17-16-13(18-14)8-12-7-10-4-5-11(12)6-10/h9-12,15H,3-8H2,1-2H3. The van der Waals surface area contributed by atoms with Crippen molar-refractivity contribution >= 4 is 11.3 Å². The molecule has 2 saturated carbocycles. The van der Waals surface area contributed by atoms with E-state index < -0.39 is 0 Å². The largest absolute Gasteiger partial charge is 0.308 e. The van der Waals surface area contributed by atoms with Gasteiger partial charge in [0.15, 0.2) is 0 Å². The lowest BCUT2D eigenvalue weighted by atomic mass is 9.87. The molecule has 0 radical (unpaired) electrons. The first-order chi connectivity index (χ1) is 8.76. The first-order valence-corrected chi connectivity index (χ1v) is 8.13. The number of nitrogens with one attached hydrogen (secondary N) is 1. The molecule has 0 aromatic carbocycles. The highest BCUT2D eigenvalue weighted by atomic mass is 32.1. The molecule has 0 amide bonds. The maximum absolute atomic E-state index is 4.40.